The lowest BCUT2D eigenvalue weighted by Gasteiger charge is -2.17. The summed E-state index contributed by atoms with van der Waals surface area (Å²) in [7, 11) is 1.50. The molecule has 0 saturated carbocycles. The number of carbonyl (C=O) groups excluding carboxylic acids is 3. The molecule has 0 aliphatic carbocycles. The van der Waals surface area contributed by atoms with Gasteiger partial charge in [0.15, 0.2) is 18.1 Å². The maximum absolute atomic E-state index is 13.5. The number of nitrogens with one attached hydrogen (secondary N) is 2. The van der Waals surface area contributed by atoms with E-state index in [4.69, 9.17) is 9.47 Å². The Kier molecular flexibility index (Phi) is 7.43. The summed E-state index contributed by atoms with van der Waals surface area (Å²) in [6.07, 6.45) is -0.0965. The molecule has 1 fully saturated rings. The summed E-state index contributed by atoms with van der Waals surface area (Å²) in [4.78, 5) is 38.7. The third-order valence-corrected chi connectivity index (χ3v) is 5.50. The number of halogens is 2. The van der Waals surface area contributed by atoms with Gasteiger partial charge in [0.1, 0.15) is 11.6 Å². The monoisotopic (exact) mass is 495 g/mol. The molecule has 3 amide bonds. The topological polar surface area (TPSA) is 97.0 Å². The third kappa shape index (κ3) is 5.96. The van der Waals surface area contributed by atoms with Crippen LogP contribution in [0.1, 0.15) is 6.42 Å². The largest absolute Gasteiger partial charge is 0.493 e. The van der Waals surface area contributed by atoms with E-state index < -0.39 is 35.3 Å². The third-order valence-electron chi connectivity index (χ3n) is 5.50. The van der Waals surface area contributed by atoms with Crippen molar-refractivity contribution in [1.82, 2.24) is 0 Å². The van der Waals surface area contributed by atoms with E-state index in [1.807, 2.05) is 0 Å². The van der Waals surface area contributed by atoms with Crippen molar-refractivity contribution in [3.63, 3.8) is 0 Å². The molecule has 1 aliphatic heterocycles. The van der Waals surface area contributed by atoms with E-state index in [1.165, 1.54) is 12.0 Å². The Morgan fingerprint density at radius 3 is 2.31 bits per heavy atom. The lowest BCUT2D eigenvalue weighted by molar-refractivity contribution is -0.122. The van der Waals surface area contributed by atoms with E-state index in [9.17, 15) is 23.2 Å². The minimum Gasteiger partial charge on any atom is -0.493 e. The second-order valence-electron chi connectivity index (χ2n) is 8.09. The van der Waals surface area contributed by atoms with E-state index >= 15 is 0 Å². The number of ether oxygens (including phenoxy) is 2. The minimum absolute atomic E-state index is 0.00965. The first-order valence-electron chi connectivity index (χ1n) is 11.1. The first-order chi connectivity index (χ1) is 17.3. The van der Waals surface area contributed by atoms with Crippen LogP contribution in [0.5, 0.6) is 11.5 Å². The molecule has 10 heteroatoms. The summed E-state index contributed by atoms with van der Waals surface area (Å²) in [5.74, 6) is -2.64. The molecular formula is C26H23F2N3O5. The van der Waals surface area contributed by atoms with Gasteiger partial charge < -0.3 is 25.0 Å². The number of hydrogen-bond acceptors (Lipinski definition) is 5. The summed E-state index contributed by atoms with van der Waals surface area (Å²) in [6, 6.07) is 16.2. The lowest BCUT2D eigenvalue weighted by atomic mass is 10.1. The average Bonchev–Trinajstić information content (AvgIpc) is 3.24. The smallest absolute Gasteiger partial charge is 0.262 e. The Balaban J connectivity index is 1.34. The van der Waals surface area contributed by atoms with Crippen molar-refractivity contribution in [3.8, 4) is 11.5 Å². The van der Waals surface area contributed by atoms with Crippen molar-refractivity contribution in [2.45, 2.75) is 6.42 Å². The molecule has 3 aromatic rings. The molecule has 4 rings (SSSR count). The highest BCUT2D eigenvalue weighted by molar-refractivity contribution is 6.03. The zero-order valence-corrected chi connectivity index (χ0v) is 19.3. The Morgan fingerprint density at radius 1 is 0.944 bits per heavy atom. The number of benzene rings is 3. The number of para-hydroxylation sites is 2. The molecule has 1 atom stereocenters. The predicted octanol–water partition coefficient (Wildman–Crippen LogP) is 3.98. The van der Waals surface area contributed by atoms with Gasteiger partial charge in [0, 0.05) is 36.1 Å². The van der Waals surface area contributed by atoms with Gasteiger partial charge in [0.2, 0.25) is 11.8 Å². The van der Waals surface area contributed by atoms with Crippen LogP contribution in [-0.4, -0.2) is 38.0 Å². The number of amides is 3. The highest BCUT2D eigenvalue weighted by Crippen LogP contribution is 2.28. The Labute approximate surface area is 205 Å². The molecule has 8 nitrogen and oxygen atoms in total. The maximum atomic E-state index is 13.5. The Hall–Kier alpha value is -4.47. The van der Waals surface area contributed by atoms with Gasteiger partial charge in [0.05, 0.1) is 13.0 Å². The number of nitrogens with zero attached hydrogens (tertiary/aromatic N) is 1. The van der Waals surface area contributed by atoms with Crippen molar-refractivity contribution in [3.05, 3.63) is 78.4 Å². The number of hydrogen-bond donors (Lipinski definition) is 2. The van der Waals surface area contributed by atoms with E-state index in [0.29, 0.717) is 28.9 Å². The zero-order chi connectivity index (χ0) is 25.7. The second-order valence-corrected chi connectivity index (χ2v) is 8.09. The summed E-state index contributed by atoms with van der Waals surface area (Å²) in [5.41, 5.74) is 0.903. The number of carbonyl (C=O) groups is 3. The fraction of sp³-hybridized carbons (Fsp3) is 0.192. The summed E-state index contributed by atoms with van der Waals surface area (Å²) in [5, 5.41) is 5.41. The fourth-order valence-corrected chi connectivity index (χ4v) is 3.83. The predicted molar refractivity (Wildman–Crippen MR) is 129 cm³/mol. The van der Waals surface area contributed by atoms with Gasteiger partial charge in [-0.15, -0.1) is 0 Å². The fourth-order valence-electron chi connectivity index (χ4n) is 3.83. The van der Waals surface area contributed by atoms with E-state index in [0.717, 1.165) is 12.1 Å². The quantitative estimate of drug-likeness (QED) is 0.493. The van der Waals surface area contributed by atoms with Crippen LogP contribution in [0.15, 0.2) is 66.7 Å². The first kappa shape index (κ1) is 24.6. The summed E-state index contributed by atoms with van der Waals surface area (Å²) < 4.78 is 37.8. The molecule has 1 saturated heterocycles. The second kappa shape index (κ2) is 10.9. The van der Waals surface area contributed by atoms with E-state index in [2.05, 4.69) is 10.6 Å². The van der Waals surface area contributed by atoms with E-state index in [-0.39, 0.29) is 25.3 Å². The molecule has 0 spiro atoms. The van der Waals surface area contributed by atoms with Crippen molar-refractivity contribution in [2.24, 2.45) is 5.92 Å². The zero-order valence-electron chi connectivity index (χ0n) is 19.3. The Bertz CT molecular complexity index is 1280. The van der Waals surface area contributed by atoms with Gasteiger partial charge in [-0.3, -0.25) is 14.4 Å². The number of methoxy groups -OCH3 is 1. The lowest BCUT2D eigenvalue weighted by Crippen LogP contribution is -2.28. The van der Waals surface area contributed by atoms with Gasteiger partial charge in [-0.2, -0.15) is 0 Å². The molecule has 36 heavy (non-hydrogen) atoms. The van der Waals surface area contributed by atoms with Crippen LogP contribution in [0.4, 0.5) is 25.8 Å². The highest BCUT2D eigenvalue weighted by Gasteiger charge is 2.35. The van der Waals surface area contributed by atoms with Crippen LogP contribution in [0, 0.1) is 17.6 Å². The van der Waals surface area contributed by atoms with Gasteiger partial charge in [-0.1, -0.05) is 18.2 Å². The standard InChI is InChI=1S/C26H23F2N3O5/c1-35-22-7-2-3-8-23(22)36-15-24(32)29-19-5-4-6-20(13-19)30-26(34)16-9-25(33)31(14-16)21-11-17(27)10-18(28)12-21/h2-8,10-13,16H,9,14-15H2,1H3,(H,29,32)(H,30,34). The van der Waals surface area contributed by atoms with Gasteiger partial charge in [-0.25, -0.2) is 8.78 Å². The van der Waals surface area contributed by atoms with Crippen molar-refractivity contribution in [2.75, 3.05) is 35.8 Å². The SMILES string of the molecule is COc1ccccc1OCC(=O)Nc1cccc(NC(=O)C2CC(=O)N(c3cc(F)cc(F)c3)C2)c1. The molecule has 0 bridgehead atoms. The van der Waals surface area contributed by atoms with Gasteiger partial charge in [-0.05, 0) is 42.5 Å². The van der Waals surface area contributed by atoms with Crippen LogP contribution >= 0.6 is 0 Å². The van der Waals surface area contributed by atoms with Crippen LogP contribution in [0.25, 0.3) is 0 Å². The average molecular weight is 495 g/mol. The molecular weight excluding hydrogens is 472 g/mol. The normalized spacial score (nSPS) is 14.9. The van der Waals surface area contributed by atoms with Crippen molar-refractivity contribution >= 4 is 34.8 Å². The van der Waals surface area contributed by atoms with Crippen LogP contribution in [0.2, 0.25) is 0 Å². The Morgan fingerprint density at radius 2 is 1.61 bits per heavy atom. The van der Waals surface area contributed by atoms with Gasteiger partial charge in [0.25, 0.3) is 5.91 Å². The molecule has 0 aromatic heterocycles. The number of rotatable bonds is 8. The molecule has 3 aromatic carbocycles. The summed E-state index contributed by atoms with van der Waals surface area (Å²) in [6.45, 7) is -0.262. The molecule has 1 aliphatic rings. The van der Waals surface area contributed by atoms with Crippen LogP contribution < -0.4 is 25.0 Å². The molecule has 0 radical (unpaired) electrons. The molecule has 1 unspecified atom stereocenters. The molecule has 186 valence electrons. The first-order valence-corrected chi connectivity index (χ1v) is 11.1. The minimum atomic E-state index is -0.808. The molecule has 2 N–H and O–H groups in total. The van der Waals surface area contributed by atoms with Crippen LogP contribution in [0.3, 0.4) is 0 Å². The van der Waals surface area contributed by atoms with Crippen molar-refractivity contribution in [1.29, 1.82) is 0 Å². The maximum Gasteiger partial charge on any atom is 0.262 e. The highest BCUT2D eigenvalue weighted by atomic mass is 19.1. The van der Waals surface area contributed by atoms with Crippen LogP contribution in [-0.2, 0) is 14.4 Å². The molecule has 1 heterocycles. The van der Waals surface area contributed by atoms with E-state index in [1.54, 1.807) is 48.5 Å². The number of anilines is 3. The van der Waals surface area contributed by atoms with Gasteiger partial charge >= 0.3 is 0 Å². The summed E-state index contributed by atoms with van der Waals surface area (Å²) >= 11 is 0. The van der Waals surface area contributed by atoms with Crippen molar-refractivity contribution < 1.29 is 32.6 Å².